The molecular weight excluding hydrogens is 295 g/mol. The molecule has 0 saturated carbocycles. The van der Waals surface area contributed by atoms with E-state index in [1.165, 1.54) is 29.2 Å². The van der Waals surface area contributed by atoms with Crippen LogP contribution in [0.1, 0.15) is 25.3 Å². The minimum Gasteiger partial charge on any atom is -0.356 e. The van der Waals surface area contributed by atoms with E-state index in [4.69, 9.17) is 4.74 Å². The molecule has 22 heavy (non-hydrogen) atoms. The highest BCUT2D eigenvalue weighted by molar-refractivity contribution is 5.88. The van der Waals surface area contributed by atoms with Gasteiger partial charge in [0, 0.05) is 25.8 Å². The summed E-state index contributed by atoms with van der Waals surface area (Å²) >= 11 is 0. The lowest BCUT2D eigenvalue weighted by Crippen LogP contribution is -2.58. The maximum atomic E-state index is 13.8. The Balaban J connectivity index is 2.43. The quantitative estimate of drug-likeness (QED) is 0.856. The van der Waals surface area contributed by atoms with Crippen molar-refractivity contribution in [2.45, 2.75) is 31.5 Å². The number of carbonyl (C=O) groups excluding carboxylic acids is 1. The Morgan fingerprint density at radius 2 is 1.73 bits per heavy atom. The second-order valence-corrected chi connectivity index (χ2v) is 5.72. The summed E-state index contributed by atoms with van der Waals surface area (Å²) in [6.45, 7) is 2.69. The third kappa shape index (κ3) is 2.84. The lowest BCUT2D eigenvalue weighted by atomic mass is 9.89. The van der Waals surface area contributed by atoms with E-state index in [2.05, 4.69) is 0 Å². The number of piperidine rings is 1. The van der Waals surface area contributed by atoms with Crippen molar-refractivity contribution in [2.24, 2.45) is 5.92 Å². The Hall–Kier alpha value is -1.56. The van der Waals surface area contributed by atoms with E-state index in [9.17, 15) is 18.0 Å². The zero-order chi connectivity index (χ0) is 16.4. The van der Waals surface area contributed by atoms with E-state index < -0.39 is 17.7 Å². The van der Waals surface area contributed by atoms with Crippen molar-refractivity contribution in [3.63, 3.8) is 0 Å². The Kier molecular flexibility index (Phi) is 4.80. The molecule has 0 N–H and O–H groups in total. The summed E-state index contributed by atoms with van der Waals surface area (Å²) in [6, 6.07) is 7.11. The van der Waals surface area contributed by atoms with Crippen LogP contribution in [-0.4, -0.2) is 37.2 Å². The average Bonchev–Trinajstić information content (AvgIpc) is 2.49. The maximum absolute atomic E-state index is 13.8. The number of nitrogens with zero attached hydrogens (tertiary/aromatic N) is 1. The van der Waals surface area contributed by atoms with Crippen molar-refractivity contribution in [3.8, 4) is 0 Å². The van der Waals surface area contributed by atoms with E-state index in [0.717, 1.165) is 7.11 Å². The van der Waals surface area contributed by atoms with Crippen LogP contribution in [0.15, 0.2) is 30.3 Å². The van der Waals surface area contributed by atoms with Crippen molar-refractivity contribution >= 4 is 5.91 Å². The molecule has 1 atom stereocenters. The molecule has 3 nitrogen and oxygen atoms in total. The van der Waals surface area contributed by atoms with Gasteiger partial charge in [0.2, 0.25) is 0 Å². The second kappa shape index (κ2) is 6.28. The Morgan fingerprint density at radius 3 is 2.18 bits per heavy atom. The summed E-state index contributed by atoms with van der Waals surface area (Å²) in [4.78, 5) is 14.0. The lowest BCUT2D eigenvalue weighted by Gasteiger charge is -2.40. The third-order valence-corrected chi connectivity index (χ3v) is 4.26. The van der Waals surface area contributed by atoms with Gasteiger partial charge in [-0.3, -0.25) is 4.79 Å². The summed E-state index contributed by atoms with van der Waals surface area (Å²) in [6.07, 6.45) is -3.42. The van der Waals surface area contributed by atoms with Gasteiger partial charge in [-0.05, 0) is 18.8 Å². The predicted octanol–water partition coefficient (Wildman–Crippen LogP) is 3.35. The zero-order valence-corrected chi connectivity index (χ0v) is 12.7. The summed E-state index contributed by atoms with van der Waals surface area (Å²) in [7, 11) is 0.935. The standard InChI is InChI=1S/C16H20F3NO2/c1-12-8-10-20(11-9-12)14(21)15(22-2,16(17,18)19)13-6-4-3-5-7-13/h3-7,12H,8-11H2,1-2H3/t15-/m1/s1. The molecule has 0 unspecified atom stereocenters. The number of alkyl halides is 3. The number of hydrogen-bond donors (Lipinski definition) is 0. The number of amides is 1. The molecule has 1 aromatic carbocycles. The monoisotopic (exact) mass is 315 g/mol. The molecule has 6 heteroatoms. The van der Waals surface area contributed by atoms with Crippen molar-refractivity contribution in [1.29, 1.82) is 0 Å². The molecule has 0 radical (unpaired) electrons. The van der Waals surface area contributed by atoms with Gasteiger partial charge >= 0.3 is 6.18 Å². The summed E-state index contributed by atoms with van der Waals surface area (Å²) < 4.78 is 46.1. The molecule has 0 aliphatic carbocycles. The number of hydrogen-bond acceptors (Lipinski definition) is 2. The van der Waals surface area contributed by atoms with Crippen molar-refractivity contribution in [1.82, 2.24) is 4.90 Å². The Labute approximate surface area is 128 Å². The Morgan fingerprint density at radius 1 is 1.18 bits per heavy atom. The first-order valence-corrected chi connectivity index (χ1v) is 7.29. The second-order valence-electron chi connectivity index (χ2n) is 5.72. The summed E-state index contributed by atoms with van der Waals surface area (Å²) in [5.74, 6) is -0.607. The minimum atomic E-state index is -4.83. The van der Waals surface area contributed by atoms with Gasteiger partial charge in [0.15, 0.2) is 0 Å². The molecule has 1 heterocycles. The van der Waals surface area contributed by atoms with Crippen molar-refractivity contribution < 1.29 is 22.7 Å². The van der Waals surface area contributed by atoms with E-state index >= 15 is 0 Å². The fourth-order valence-electron chi connectivity index (χ4n) is 2.84. The van der Waals surface area contributed by atoms with E-state index in [1.54, 1.807) is 6.07 Å². The van der Waals surface area contributed by atoms with Crippen LogP contribution in [0.25, 0.3) is 0 Å². The molecule has 0 spiro atoms. The lowest BCUT2D eigenvalue weighted by molar-refractivity contribution is -0.270. The maximum Gasteiger partial charge on any atom is 0.430 e. The van der Waals surface area contributed by atoms with Crippen LogP contribution in [0, 0.1) is 5.92 Å². The molecule has 1 aliphatic heterocycles. The molecule has 1 fully saturated rings. The fourth-order valence-corrected chi connectivity index (χ4v) is 2.84. The van der Waals surface area contributed by atoms with Gasteiger partial charge in [0.1, 0.15) is 0 Å². The minimum absolute atomic E-state index is 0.186. The van der Waals surface area contributed by atoms with Crippen LogP contribution in [0.4, 0.5) is 13.2 Å². The third-order valence-electron chi connectivity index (χ3n) is 4.26. The van der Waals surface area contributed by atoms with E-state index in [0.29, 0.717) is 31.8 Å². The van der Waals surface area contributed by atoms with Crippen LogP contribution in [0.3, 0.4) is 0 Å². The van der Waals surface area contributed by atoms with E-state index in [-0.39, 0.29) is 5.56 Å². The normalized spacial score (nSPS) is 19.8. The van der Waals surface area contributed by atoms with Gasteiger partial charge < -0.3 is 9.64 Å². The number of carbonyl (C=O) groups is 1. The summed E-state index contributed by atoms with van der Waals surface area (Å²) in [5.41, 5.74) is -3.12. The molecule has 1 amide bonds. The number of likely N-dealkylation sites (tertiary alicyclic amines) is 1. The van der Waals surface area contributed by atoms with E-state index in [1.807, 2.05) is 6.92 Å². The van der Waals surface area contributed by atoms with Gasteiger partial charge in [-0.1, -0.05) is 37.3 Å². The highest BCUT2D eigenvalue weighted by atomic mass is 19.4. The number of methoxy groups -OCH3 is 1. The highest BCUT2D eigenvalue weighted by Gasteiger charge is 2.63. The number of benzene rings is 1. The van der Waals surface area contributed by atoms with Gasteiger partial charge in [0.05, 0.1) is 0 Å². The van der Waals surface area contributed by atoms with Gasteiger partial charge in [0.25, 0.3) is 11.5 Å². The highest BCUT2D eigenvalue weighted by Crippen LogP contribution is 2.43. The number of rotatable bonds is 3. The molecule has 0 aromatic heterocycles. The number of halogens is 3. The first-order valence-electron chi connectivity index (χ1n) is 7.29. The predicted molar refractivity (Wildman–Crippen MR) is 76.2 cm³/mol. The average molecular weight is 315 g/mol. The fraction of sp³-hybridized carbons (Fsp3) is 0.562. The van der Waals surface area contributed by atoms with Crippen LogP contribution in [0.2, 0.25) is 0 Å². The largest absolute Gasteiger partial charge is 0.430 e. The van der Waals surface area contributed by atoms with Crippen LogP contribution in [-0.2, 0) is 15.1 Å². The molecule has 0 bridgehead atoms. The first kappa shape index (κ1) is 16.8. The molecule has 122 valence electrons. The van der Waals surface area contributed by atoms with Crippen LogP contribution >= 0.6 is 0 Å². The van der Waals surface area contributed by atoms with Crippen molar-refractivity contribution in [3.05, 3.63) is 35.9 Å². The van der Waals surface area contributed by atoms with Gasteiger partial charge in [-0.15, -0.1) is 0 Å². The molecule has 1 saturated heterocycles. The molecule has 2 rings (SSSR count). The Bertz CT molecular complexity index is 510. The number of ether oxygens (including phenoxy) is 1. The van der Waals surface area contributed by atoms with Gasteiger partial charge in [-0.25, -0.2) is 0 Å². The molecule has 1 aromatic rings. The zero-order valence-electron chi connectivity index (χ0n) is 12.7. The van der Waals surface area contributed by atoms with Crippen LogP contribution < -0.4 is 0 Å². The smallest absolute Gasteiger partial charge is 0.356 e. The van der Waals surface area contributed by atoms with Crippen molar-refractivity contribution in [2.75, 3.05) is 20.2 Å². The first-order chi connectivity index (χ1) is 10.3. The topological polar surface area (TPSA) is 29.5 Å². The SMILES string of the molecule is CO[C@@](C(=O)N1CCC(C)CC1)(c1ccccc1)C(F)(F)F. The molecule has 1 aliphatic rings. The van der Waals surface area contributed by atoms with Crippen LogP contribution in [0.5, 0.6) is 0 Å². The van der Waals surface area contributed by atoms with Gasteiger partial charge in [-0.2, -0.15) is 13.2 Å². The summed E-state index contributed by atoms with van der Waals surface area (Å²) in [5, 5.41) is 0. The molecular formula is C16H20F3NO2.